The lowest BCUT2D eigenvalue weighted by Gasteiger charge is -2.05. The average molecular weight is 383 g/mol. The fourth-order valence-corrected chi connectivity index (χ4v) is 2.71. The molecule has 0 saturated heterocycles. The Morgan fingerprint density at radius 1 is 1.12 bits per heavy atom. The van der Waals surface area contributed by atoms with E-state index in [4.69, 9.17) is 44.3 Å². The molecule has 0 saturated carbocycles. The van der Waals surface area contributed by atoms with Gasteiger partial charge in [0.15, 0.2) is 5.70 Å². The van der Waals surface area contributed by atoms with E-state index in [9.17, 15) is 4.79 Å². The number of nitrogens with zero attached hydrogens (tertiary/aromatic N) is 1. The Bertz CT molecular complexity index is 891. The second-order valence-electron chi connectivity index (χ2n) is 4.82. The van der Waals surface area contributed by atoms with Gasteiger partial charge >= 0.3 is 5.97 Å². The van der Waals surface area contributed by atoms with Crippen molar-refractivity contribution in [3.63, 3.8) is 0 Å². The molecule has 0 aliphatic carbocycles. The maximum atomic E-state index is 12.0. The third-order valence-electron chi connectivity index (χ3n) is 3.30. The molecule has 3 rings (SSSR count). The number of benzene rings is 2. The Labute approximate surface area is 153 Å². The van der Waals surface area contributed by atoms with Gasteiger partial charge in [-0.1, -0.05) is 46.9 Å². The van der Waals surface area contributed by atoms with Crippen molar-refractivity contribution in [1.29, 1.82) is 0 Å². The summed E-state index contributed by atoms with van der Waals surface area (Å²) in [6, 6.07) is 10.1. The van der Waals surface area contributed by atoms with Crippen LogP contribution in [0.5, 0.6) is 5.75 Å². The Morgan fingerprint density at radius 3 is 2.62 bits per heavy atom. The van der Waals surface area contributed by atoms with E-state index in [-0.39, 0.29) is 11.6 Å². The highest BCUT2D eigenvalue weighted by atomic mass is 35.5. The van der Waals surface area contributed by atoms with Gasteiger partial charge in [0.2, 0.25) is 5.90 Å². The van der Waals surface area contributed by atoms with Crippen LogP contribution < -0.4 is 4.74 Å². The molecule has 7 heteroatoms. The predicted molar refractivity (Wildman–Crippen MR) is 95.1 cm³/mol. The minimum atomic E-state index is -0.590. The molecule has 0 spiro atoms. The fourth-order valence-electron chi connectivity index (χ4n) is 2.10. The Balaban J connectivity index is 1.99. The van der Waals surface area contributed by atoms with E-state index < -0.39 is 5.97 Å². The van der Waals surface area contributed by atoms with E-state index >= 15 is 0 Å². The second-order valence-corrected chi connectivity index (χ2v) is 6.02. The molecule has 1 heterocycles. The summed E-state index contributed by atoms with van der Waals surface area (Å²) in [4.78, 5) is 16.2. The second kappa shape index (κ2) is 6.85. The standard InChI is InChI=1S/C17H10Cl3NO3/c1-23-10-5-6-11(13(19)8-10)16-21-14(17(22)24-16)7-9-3-2-4-12(18)15(9)20/h2-8H,1H3/b14-7-. The van der Waals surface area contributed by atoms with E-state index in [1.165, 1.54) is 13.2 Å². The zero-order valence-corrected chi connectivity index (χ0v) is 14.6. The minimum absolute atomic E-state index is 0.112. The van der Waals surface area contributed by atoms with Crippen molar-refractivity contribution < 1.29 is 14.3 Å². The summed E-state index contributed by atoms with van der Waals surface area (Å²) in [6.45, 7) is 0. The van der Waals surface area contributed by atoms with E-state index in [1.54, 1.807) is 36.4 Å². The smallest absolute Gasteiger partial charge is 0.363 e. The third-order valence-corrected chi connectivity index (χ3v) is 4.45. The van der Waals surface area contributed by atoms with Crippen molar-refractivity contribution in [3.05, 3.63) is 68.3 Å². The van der Waals surface area contributed by atoms with Crippen LogP contribution in [0.1, 0.15) is 11.1 Å². The van der Waals surface area contributed by atoms with Crippen molar-refractivity contribution in [2.24, 2.45) is 4.99 Å². The van der Waals surface area contributed by atoms with Gasteiger partial charge in [0, 0.05) is 0 Å². The lowest BCUT2D eigenvalue weighted by molar-refractivity contribution is -0.129. The molecule has 1 aliphatic heterocycles. The molecule has 2 aromatic carbocycles. The number of ether oxygens (including phenoxy) is 2. The number of hydrogen-bond acceptors (Lipinski definition) is 4. The number of carbonyl (C=O) groups is 1. The van der Waals surface area contributed by atoms with Crippen molar-refractivity contribution in [3.8, 4) is 5.75 Å². The molecule has 0 atom stereocenters. The maximum absolute atomic E-state index is 12.0. The van der Waals surface area contributed by atoms with E-state index in [0.717, 1.165) is 0 Å². The monoisotopic (exact) mass is 381 g/mol. The topological polar surface area (TPSA) is 47.9 Å². The largest absolute Gasteiger partial charge is 0.497 e. The van der Waals surface area contributed by atoms with Gasteiger partial charge in [0.1, 0.15) is 5.75 Å². The van der Waals surface area contributed by atoms with Gasteiger partial charge in [0.05, 0.1) is 27.7 Å². The third kappa shape index (κ3) is 3.26. The molecule has 0 aromatic heterocycles. The summed E-state index contributed by atoms with van der Waals surface area (Å²) >= 11 is 18.3. The molecule has 24 heavy (non-hydrogen) atoms. The zero-order chi connectivity index (χ0) is 17.3. The van der Waals surface area contributed by atoms with Crippen LogP contribution >= 0.6 is 34.8 Å². The molecular weight excluding hydrogens is 373 g/mol. The number of cyclic esters (lactones) is 1. The van der Waals surface area contributed by atoms with Gasteiger partial charge in [-0.15, -0.1) is 0 Å². The number of esters is 1. The van der Waals surface area contributed by atoms with Crippen molar-refractivity contribution in [1.82, 2.24) is 0 Å². The maximum Gasteiger partial charge on any atom is 0.363 e. The van der Waals surface area contributed by atoms with Crippen LogP contribution in [0.3, 0.4) is 0 Å². The van der Waals surface area contributed by atoms with Crippen molar-refractivity contribution >= 4 is 52.7 Å². The molecule has 0 fully saturated rings. The highest BCUT2D eigenvalue weighted by Gasteiger charge is 2.26. The molecule has 0 bridgehead atoms. The van der Waals surface area contributed by atoms with Crippen LogP contribution in [-0.4, -0.2) is 19.0 Å². The molecule has 0 N–H and O–H groups in total. The fraction of sp³-hybridized carbons (Fsp3) is 0.0588. The molecule has 4 nitrogen and oxygen atoms in total. The van der Waals surface area contributed by atoms with Gasteiger partial charge in [-0.3, -0.25) is 0 Å². The summed E-state index contributed by atoms with van der Waals surface area (Å²) in [5.74, 6) is 0.125. The first-order valence-corrected chi connectivity index (χ1v) is 7.93. The predicted octanol–water partition coefficient (Wildman–Crippen LogP) is 5.00. The van der Waals surface area contributed by atoms with Gasteiger partial charge < -0.3 is 9.47 Å². The van der Waals surface area contributed by atoms with Crippen LogP contribution in [0.15, 0.2) is 47.1 Å². The molecule has 122 valence electrons. The summed E-state index contributed by atoms with van der Waals surface area (Å²) in [7, 11) is 1.54. The number of carbonyl (C=O) groups excluding carboxylic acids is 1. The highest BCUT2D eigenvalue weighted by Crippen LogP contribution is 2.30. The van der Waals surface area contributed by atoms with Gasteiger partial charge in [-0.25, -0.2) is 9.79 Å². The molecular formula is C17H10Cl3NO3. The summed E-state index contributed by atoms with van der Waals surface area (Å²) in [6.07, 6.45) is 1.51. The normalized spacial score (nSPS) is 15.4. The van der Waals surface area contributed by atoms with Crippen molar-refractivity contribution in [2.75, 3.05) is 7.11 Å². The molecule has 0 radical (unpaired) electrons. The minimum Gasteiger partial charge on any atom is -0.497 e. The average Bonchev–Trinajstić information content (AvgIpc) is 2.92. The van der Waals surface area contributed by atoms with Crippen LogP contribution in [0.4, 0.5) is 0 Å². The molecule has 0 amide bonds. The van der Waals surface area contributed by atoms with Crippen LogP contribution in [0.25, 0.3) is 6.08 Å². The number of hydrogen-bond donors (Lipinski definition) is 0. The molecule has 1 aliphatic rings. The Kier molecular flexibility index (Phi) is 4.81. The first-order chi connectivity index (χ1) is 11.5. The summed E-state index contributed by atoms with van der Waals surface area (Å²) < 4.78 is 10.3. The molecule has 0 unspecified atom stereocenters. The van der Waals surface area contributed by atoms with Crippen LogP contribution in [-0.2, 0) is 9.53 Å². The number of rotatable bonds is 3. The number of aliphatic imine (C=N–C) groups is 1. The van der Waals surface area contributed by atoms with Crippen molar-refractivity contribution in [2.45, 2.75) is 0 Å². The number of methoxy groups -OCH3 is 1. The van der Waals surface area contributed by atoms with Gasteiger partial charge in [-0.05, 0) is 35.9 Å². The van der Waals surface area contributed by atoms with E-state index in [1.807, 2.05) is 0 Å². The molecule has 2 aromatic rings. The Morgan fingerprint density at radius 2 is 1.92 bits per heavy atom. The van der Waals surface area contributed by atoms with Crippen LogP contribution in [0, 0.1) is 0 Å². The number of halogens is 3. The first-order valence-electron chi connectivity index (χ1n) is 6.80. The summed E-state index contributed by atoms with van der Waals surface area (Å²) in [5.41, 5.74) is 1.18. The van der Waals surface area contributed by atoms with E-state index in [0.29, 0.717) is 31.9 Å². The van der Waals surface area contributed by atoms with Gasteiger partial charge in [-0.2, -0.15) is 0 Å². The first kappa shape index (κ1) is 16.8. The highest BCUT2D eigenvalue weighted by molar-refractivity contribution is 6.43. The lowest BCUT2D eigenvalue weighted by Crippen LogP contribution is -2.06. The van der Waals surface area contributed by atoms with Crippen LogP contribution in [0.2, 0.25) is 15.1 Å². The Hall–Kier alpha value is -2.01. The zero-order valence-electron chi connectivity index (χ0n) is 12.3. The lowest BCUT2D eigenvalue weighted by atomic mass is 10.2. The van der Waals surface area contributed by atoms with E-state index in [2.05, 4.69) is 4.99 Å². The SMILES string of the molecule is COc1ccc(C2=N/C(=C\c3cccc(Cl)c3Cl)C(=O)O2)c(Cl)c1. The quantitative estimate of drug-likeness (QED) is 0.554. The summed E-state index contributed by atoms with van der Waals surface area (Å²) in [5, 5.41) is 1.09. The van der Waals surface area contributed by atoms with Gasteiger partial charge in [0.25, 0.3) is 0 Å².